The van der Waals surface area contributed by atoms with Gasteiger partial charge in [-0.3, -0.25) is 4.79 Å². The predicted octanol–water partition coefficient (Wildman–Crippen LogP) is 2.90. The van der Waals surface area contributed by atoms with Crippen molar-refractivity contribution in [2.75, 3.05) is 13.1 Å². The number of hydrogen-bond donors (Lipinski definition) is 0. The fourth-order valence-corrected chi connectivity index (χ4v) is 2.95. The summed E-state index contributed by atoms with van der Waals surface area (Å²) in [7, 11) is 0. The first-order valence-corrected chi connectivity index (χ1v) is 9.44. The summed E-state index contributed by atoms with van der Waals surface area (Å²) in [6, 6.07) is 3.85. The molecule has 0 aromatic carbocycles. The summed E-state index contributed by atoms with van der Waals surface area (Å²) in [4.78, 5) is 27.3. The normalized spacial score (nSPS) is 17.0. The SMILES string of the molecule is CCc1cnc(OC2CCCN(C(=O)c3ccc(OC(C)C)nc3)C2)nc1. The highest BCUT2D eigenvalue weighted by atomic mass is 16.5. The molecule has 27 heavy (non-hydrogen) atoms. The molecule has 0 radical (unpaired) electrons. The van der Waals surface area contributed by atoms with Crippen LogP contribution in [0.2, 0.25) is 0 Å². The number of carbonyl (C=O) groups excluding carboxylic acids is 1. The third-order valence-corrected chi connectivity index (χ3v) is 4.37. The van der Waals surface area contributed by atoms with Crippen LogP contribution >= 0.6 is 0 Å². The highest BCUT2D eigenvalue weighted by Crippen LogP contribution is 2.18. The van der Waals surface area contributed by atoms with Crippen molar-refractivity contribution in [1.29, 1.82) is 0 Å². The molecule has 1 unspecified atom stereocenters. The largest absolute Gasteiger partial charge is 0.475 e. The minimum Gasteiger partial charge on any atom is -0.475 e. The monoisotopic (exact) mass is 370 g/mol. The number of piperidine rings is 1. The number of rotatable bonds is 6. The van der Waals surface area contributed by atoms with Gasteiger partial charge in [0.1, 0.15) is 6.10 Å². The summed E-state index contributed by atoms with van der Waals surface area (Å²) >= 11 is 0. The van der Waals surface area contributed by atoms with Crippen molar-refractivity contribution < 1.29 is 14.3 Å². The molecule has 0 aliphatic carbocycles. The number of carbonyl (C=O) groups is 1. The number of aromatic nitrogens is 3. The molecule has 3 heterocycles. The van der Waals surface area contributed by atoms with E-state index >= 15 is 0 Å². The Hall–Kier alpha value is -2.70. The van der Waals surface area contributed by atoms with Crippen LogP contribution < -0.4 is 9.47 Å². The second-order valence-corrected chi connectivity index (χ2v) is 6.91. The molecule has 2 aromatic rings. The molecular weight excluding hydrogens is 344 g/mol. The first-order chi connectivity index (χ1) is 13.0. The van der Waals surface area contributed by atoms with Gasteiger partial charge in [0.05, 0.1) is 18.2 Å². The van der Waals surface area contributed by atoms with Gasteiger partial charge in [-0.25, -0.2) is 15.0 Å². The number of pyridine rings is 1. The standard InChI is InChI=1S/C20H26N4O3/c1-4-15-10-22-20(23-11-15)27-17-6-5-9-24(13-17)19(25)16-7-8-18(21-12-16)26-14(2)3/h7-8,10-12,14,17H,4-6,9,13H2,1-3H3. The number of nitrogens with zero attached hydrogens (tertiary/aromatic N) is 4. The van der Waals surface area contributed by atoms with Gasteiger partial charge in [-0.1, -0.05) is 6.92 Å². The van der Waals surface area contributed by atoms with Gasteiger partial charge in [0.15, 0.2) is 0 Å². The van der Waals surface area contributed by atoms with Crippen molar-refractivity contribution in [3.63, 3.8) is 0 Å². The van der Waals surface area contributed by atoms with Gasteiger partial charge < -0.3 is 14.4 Å². The second-order valence-electron chi connectivity index (χ2n) is 6.91. The Bertz CT molecular complexity index is 747. The molecule has 1 atom stereocenters. The van der Waals surface area contributed by atoms with Crippen LogP contribution in [0.25, 0.3) is 0 Å². The Morgan fingerprint density at radius 3 is 2.63 bits per heavy atom. The van der Waals surface area contributed by atoms with E-state index in [-0.39, 0.29) is 18.1 Å². The van der Waals surface area contributed by atoms with Crippen molar-refractivity contribution in [2.45, 2.75) is 52.2 Å². The van der Waals surface area contributed by atoms with E-state index in [1.807, 2.05) is 13.8 Å². The molecule has 1 aliphatic heterocycles. The lowest BCUT2D eigenvalue weighted by Gasteiger charge is -2.32. The highest BCUT2D eigenvalue weighted by molar-refractivity contribution is 5.94. The van der Waals surface area contributed by atoms with Crippen LogP contribution in [-0.4, -0.2) is 51.1 Å². The van der Waals surface area contributed by atoms with Gasteiger partial charge in [0, 0.05) is 31.2 Å². The van der Waals surface area contributed by atoms with Crippen molar-refractivity contribution in [3.8, 4) is 11.9 Å². The number of amides is 1. The molecular formula is C20H26N4O3. The molecule has 0 N–H and O–H groups in total. The van der Waals surface area contributed by atoms with Crippen LogP contribution in [0.4, 0.5) is 0 Å². The van der Waals surface area contributed by atoms with Crippen molar-refractivity contribution in [2.24, 2.45) is 0 Å². The van der Waals surface area contributed by atoms with E-state index < -0.39 is 0 Å². The fourth-order valence-electron chi connectivity index (χ4n) is 2.95. The molecule has 7 heteroatoms. The molecule has 1 aliphatic rings. The van der Waals surface area contributed by atoms with Gasteiger partial charge >= 0.3 is 6.01 Å². The van der Waals surface area contributed by atoms with Crippen molar-refractivity contribution >= 4 is 5.91 Å². The van der Waals surface area contributed by atoms with E-state index in [0.717, 1.165) is 24.8 Å². The van der Waals surface area contributed by atoms with Crippen LogP contribution in [0.15, 0.2) is 30.7 Å². The molecule has 0 saturated carbocycles. The summed E-state index contributed by atoms with van der Waals surface area (Å²) in [6.45, 7) is 7.16. The van der Waals surface area contributed by atoms with Gasteiger partial charge in [-0.2, -0.15) is 0 Å². The van der Waals surface area contributed by atoms with E-state index in [2.05, 4.69) is 21.9 Å². The first kappa shape index (κ1) is 19.1. The molecule has 0 spiro atoms. The minimum absolute atomic E-state index is 0.0471. The Balaban J connectivity index is 1.60. The van der Waals surface area contributed by atoms with Crippen molar-refractivity contribution in [3.05, 3.63) is 41.9 Å². The fraction of sp³-hybridized carbons (Fsp3) is 0.500. The third-order valence-electron chi connectivity index (χ3n) is 4.37. The molecule has 1 amide bonds. The Morgan fingerprint density at radius 2 is 2.00 bits per heavy atom. The topological polar surface area (TPSA) is 77.4 Å². The molecule has 144 valence electrons. The summed E-state index contributed by atoms with van der Waals surface area (Å²) in [6.07, 6.45) is 7.71. The smallest absolute Gasteiger partial charge is 0.316 e. The Kier molecular flexibility index (Phi) is 6.21. The molecule has 3 rings (SSSR count). The maximum Gasteiger partial charge on any atom is 0.316 e. The number of likely N-dealkylation sites (tertiary alicyclic amines) is 1. The van der Waals surface area contributed by atoms with Crippen LogP contribution in [0.3, 0.4) is 0 Å². The highest BCUT2D eigenvalue weighted by Gasteiger charge is 2.26. The molecule has 1 fully saturated rings. The number of aryl methyl sites for hydroxylation is 1. The summed E-state index contributed by atoms with van der Waals surface area (Å²) in [5.74, 6) is 0.475. The van der Waals surface area contributed by atoms with E-state index in [4.69, 9.17) is 9.47 Å². The van der Waals surface area contributed by atoms with E-state index in [9.17, 15) is 4.79 Å². The van der Waals surface area contributed by atoms with E-state index in [1.54, 1.807) is 35.6 Å². The quantitative estimate of drug-likeness (QED) is 0.778. The van der Waals surface area contributed by atoms with Crippen LogP contribution in [0, 0.1) is 0 Å². The second kappa shape index (κ2) is 8.79. The zero-order chi connectivity index (χ0) is 19.2. The third kappa shape index (κ3) is 5.15. The zero-order valence-electron chi connectivity index (χ0n) is 16.1. The van der Waals surface area contributed by atoms with E-state index in [0.29, 0.717) is 30.5 Å². The van der Waals surface area contributed by atoms with Crippen LogP contribution in [0.5, 0.6) is 11.9 Å². The lowest BCUT2D eigenvalue weighted by Crippen LogP contribution is -2.44. The first-order valence-electron chi connectivity index (χ1n) is 9.44. The Morgan fingerprint density at radius 1 is 1.22 bits per heavy atom. The minimum atomic E-state index is -0.105. The lowest BCUT2D eigenvalue weighted by molar-refractivity contribution is 0.0515. The molecule has 7 nitrogen and oxygen atoms in total. The predicted molar refractivity (Wildman–Crippen MR) is 101 cm³/mol. The summed E-state index contributed by atoms with van der Waals surface area (Å²) < 4.78 is 11.4. The van der Waals surface area contributed by atoms with E-state index in [1.165, 1.54) is 0 Å². The van der Waals surface area contributed by atoms with Gasteiger partial charge in [0.2, 0.25) is 5.88 Å². The number of hydrogen-bond acceptors (Lipinski definition) is 6. The zero-order valence-corrected chi connectivity index (χ0v) is 16.1. The lowest BCUT2D eigenvalue weighted by atomic mass is 10.1. The Labute approximate surface area is 159 Å². The van der Waals surface area contributed by atoms with Crippen LogP contribution in [0.1, 0.15) is 49.5 Å². The average molecular weight is 370 g/mol. The molecule has 1 saturated heterocycles. The van der Waals surface area contributed by atoms with Crippen LogP contribution in [-0.2, 0) is 6.42 Å². The van der Waals surface area contributed by atoms with Gasteiger partial charge in [-0.05, 0) is 44.7 Å². The van der Waals surface area contributed by atoms with Crippen molar-refractivity contribution in [1.82, 2.24) is 19.9 Å². The maximum atomic E-state index is 12.8. The molecule has 0 bridgehead atoms. The average Bonchev–Trinajstić information content (AvgIpc) is 2.68. The maximum absolute atomic E-state index is 12.8. The summed E-state index contributed by atoms with van der Waals surface area (Å²) in [5.41, 5.74) is 1.62. The van der Waals surface area contributed by atoms with Gasteiger partial charge in [0.25, 0.3) is 5.91 Å². The molecule has 2 aromatic heterocycles. The van der Waals surface area contributed by atoms with Gasteiger partial charge in [-0.15, -0.1) is 0 Å². The summed E-state index contributed by atoms with van der Waals surface area (Å²) in [5, 5.41) is 0. The number of ether oxygens (including phenoxy) is 2.